The first-order chi connectivity index (χ1) is 8.02. The number of hydrogen-bond acceptors (Lipinski definition) is 3. The lowest BCUT2D eigenvalue weighted by molar-refractivity contribution is 0.419. The first-order valence-electron chi connectivity index (χ1n) is 6.69. The van der Waals surface area contributed by atoms with Crippen molar-refractivity contribution >= 4 is 11.3 Å². The van der Waals surface area contributed by atoms with Crippen LogP contribution in [0.1, 0.15) is 49.2 Å². The van der Waals surface area contributed by atoms with Crippen LogP contribution in [0.2, 0.25) is 0 Å². The SMILES string of the molecule is CCCNC(C)CC(C)Cc1nc(C)c(C)s1. The van der Waals surface area contributed by atoms with Crippen molar-refractivity contribution in [3.63, 3.8) is 0 Å². The van der Waals surface area contributed by atoms with Crippen LogP contribution in [0.4, 0.5) is 0 Å². The summed E-state index contributed by atoms with van der Waals surface area (Å²) >= 11 is 1.86. The maximum Gasteiger partial charge on any atom is 0.0933 e. The zero-order valence-electron chi connectivity index (χ0n) is 11.8. The summed E-state index contributed by atoms with van der Waals surface area (Å²) in [6.45, 7) is 12.2. The van der Waals surface area contributed by atoms with Crippen LogP contribution in [0.5, 0.6) is 0 Å². The Morgan fingerprint density at radius 2 is 2.00 bits per heavy atom. The van der Waals surface area contributed by atoms with Crippen molar-refractivity contribution < 1.29 is 0 Å². The summed E-state index contributed by atoms with van der Waals surface area (Å²) in [5, 5.41) is 4.85. The molecule has 0 aliphatic heterocycles. The van der Waals surface area contributed by atoms with Gasteiger partial charge in [-0.15, -0.1) is 11.3 Å². The standard InChI is InChI=1S/C14H26N2S/c1-6-7-15-11(3)8-10(2)9-14-16-12(4)13(5)17-14/h10-11,15H,6-9H2,1-5H3. The second kappa shape index (κ2) is 7.12. The number of thiazole rings is 1. The van der Waals surface area contributed by atoms with Crippen molar-refractivity contribution in [3.8, 4) is 0 Å². The molecule has 2 nitrogen and oxygen atoms in total. The van der Waals surface area contributed by atoms with Gasteiger partial charge < -0.3 is 5.32 Å². The van der Waals surface area contributed by atoms with E-state index in [1.165, 1.54) is 28.4 Å². The Morgan fingerprint density at radius 3 is 2.53 bits per heavy atom. The van der Waals surface area contributed by atoms with Gasteiger partial charge in [0.25, 0.3) is 0 Å². The number of aryl methyl sites for hydroxylation is 2. The fourth-order valence-corrected chi connectivity index (χ4v) is 3.18. The highest BCUT2D eigenvalue weighted by Crippen LogP contribution is 2.21. The number of rotatable bonds is 7. The van der Waals surface area contributed by atoms with Gasteiger partial charge >= 0.3 is 0 Å². The molecule has 1 aromatic heterocycles. The molecule has 17 heavy (non-hydrogen) atoms. The van der Waals surface area contributed by atoms with Crippen LogP contribution in [0.15, 0.2) is 0 Å². The maximum atomic E-state index is 4.62. The van der Waals surface area contributed by atoms with Gasteiger partial charge in [-0.1, -0.05) is 13.8 Å². The fraction of sp³-hybridized carbons (Fsp3) is 0.786. The van der Waals surface area contributed by atoms with Crippen molar-refractivity contribution in [2.45, 2.75) is 59.9 Å². The van der Waals surface area contributed by atoms with Crippen molar-refractivity contribution in [3.05, 3.63) is 15.6 Å². The monoisotopic (exact) mass is 254 g/mol. The van der Waals surface area contributed by atoms with Gasteiger partial charge in [0.1, 0.15) is 0 Å². The van der Waals surface area contributed by atoms with Gasteiger partial charge in [0.15, 0.2) is 0 Å². The first kappa shape index (κ1) is 14.7. The molecule has 1 N–H and O–H groups in total. The summed E-state index contributed by atoms with van der Waals surface area (Å²) in [5.74, 6) is 0.708. The lowest BCUT2D eigenvalue weighted by Crippen LogP contribution is -2.28. The van der Waals surface area contributed by atoms with E-state index < -0.39 is 0 Å². The van der Waals surface area contributed by atoms with Crippen LogP contribution in [0.25, 0.3) is 0 Å². The summed E-state index contributed by atoms with van der Waals surface area (Å²) in [5.41, 5.74) is 1.20. The molecule has 0 radical (unpaired) electrons. The Hall–Kier alpha value is -0.410. The predicted molar refractivity (Wildman–Crippen MR) is 76.8 cm³/mol. The van der Waals surface area contributed by atoms with E-state index in [4.69, 9.17) is 0 Å². The maximum absolute atomic E-state index is 4.62. The van der Waals surface area contributed by atoms with E-state index in [2.05, 4.69) is 44.9 Å². The molecule has 0 aliphatic rings. The van der Waals surface area contributed by atoms with Crippen LogP contribution in [-0.4, -0.2) is 17.6 Å². The second-order valence-corrected chi connectivity index (χ2v) is 6.44. The molecular formula is C14H26N2S. The minimum atomic E-state index is 0.618. The Kier molecular flexibility index (Phi) is 6.14. The molecule has 0 amide bonds. The van der Waals surface area contributed by atoms with Gasteiger partial charge in [0.05, 0.1) is 10.7 Å². The molecule has 3 heteroatoms. The topological polar surface area (TPSA) is 24.9 Å². The molecule has 0 aliphatic carbocycles. The molecule has 2 atom stereocenters. The fourth-order valence-electron chi connectivity index (χ4n) is 2.09. The van der Waals surface area contributed by atoms with E-state index in [9.17, 15) is 0 Å². The van der Waals surface area contributed by atoms with Crippen molar-refractivity contribution in [1.29, 1.82) is 0 Å². The molecule has 1 aromatic rings. The minimum Gasteiger partial charge on any atom is -0.314 e. The normalized spacial score (nSPS) is 14.9. The van der Waals surface area contributed by atoms with Gasteiger partial charge in [-0.3, -0.25) is 0 Å². The third-order valence-corrected chi connectivity index (χ3v) is 4.19. The number of nitrogens with one attached hydrogen (secondary N) is 1. The Balaban J connectivity index is 2.36. The summed E-state index contributed by atoms with van der Waals surface area (Å²) < 4.78 is 0. The molecule has 2 unspecified atom stereocenters. The second-order valence-electron chi connectivity index (χ2n) is 5.15. The molecule has 0 spiro atoms. The summed E-state index contributed by atoms with van der Waals surface area (Å²) in [7, 11) is 0. The van der Waals surface area contributed by atoms with Gasteiger partial charge in [0, 0.05) is 17.3 Å². The van der Waals surface area contributed by atoms with E-state index in [0.717, 1.165) is 13.0 Å². The zero-order valence-corrected chi connectivity index (χ0v) is 12.7. The highest BCUT2D eigenvalue weighted by Gasteiger charge is 2.11. The molecule has 1 heterocycles. The zero-order chi connectivity index (χ0) is 12.8. The summed E-state index contributed by atoms with van der Waals surface area (Å²) in [6, 6.07) is 0.618. The van der Waals surface area contributed by atoms with E-state index >= 15 is 0 Å². The number of aromatic nitrogens is 1. The van der Waals surface area contributed by atoms with Gasteiger partial charge in [0.2, 0.25) is 0 Å². The molecule has 0 saturated heterocycles. The van der Waals surface area contributed by atoms with Gasteiger partial charge in [-0.25, -0.2) is 4.98 Å². The minimum absolute atomic E-state index is 0.618. The summed E-state index contributed by atoms with van der Waals surface area (Å²) in [6.07, 6.45) is 3.57. The number of nitrogens with zero attached hydrogens (tertiary/aromatic N) is 1. The lowest BCUT2D eigenvalue weighted by Gasteiger charge is -2.17. The lowest BCUT2D eigenvalue weighted by atomic mass is 9.99. The van der Waals surface area contributed by atoms with Crippen LogP contribution in [0.3, 0.4) is 0 Å². The molecule has 1 rings (SSSR count). The molecule has 0 saturated carbocycles. The van der Waals surface area contributed by atoms with E-state index in [0.29, 0.717) is 12.0 Å². The highest BCUT2D eigenvalue weighted by molar-refractivity contribution is 7.11. The Labute approximate surface area is 110 Å². The molecular weight excluding hydrogens is 228 g/mol. The predicted octanol–water partition coefficient (Wildman–Crippen LogP) is 3.72. The van der Waals surface area contributed by atoms with E-state index in [-0.39, 0.29) is 0 Å². The number of hydrogen-bond donors (Lipinski definition) is 1. The average molecular weight is 254 g/mol. The van der Waals surface area contributed by atoms with Crippen LogP contribution >= 0.6 is 11.3 Å². The Bertz CT molecular complexity index is 313. The van der Waals surface area contributed by atoms with Crippen LogP contribution in [0, 0.1) is 19.8 Å². The Morgan fingerprint density at radius 1 is 1.29 bits per heavy atom. The third kappa shape index (κ3) is 5.17. The molecule has 98 valence electrons. The molecule has 0 fully saturated rings. The third-order valence-electron chi connectivity index (χ3n) is 3.09. The first-order valence-corrected chi connectivity index (χ1v) is 7.50. The van der Waals surface area contributed by atoms with Gasteiger partial charge in [-0.05, 0) is 46.1 Å². The van der Waals surface area contributed by atoms with Crippen molar-refractivity contribution in [2.24, 2.45) is 5.92 Å². The van der Waals surface area contributed by atoms with E-state index in [1.54, 1.807) is 0 Å². The average Bonchev–Trinajstić information content (AvgIpc) is 2.54. The highest BCUT2D eigenvalue weighted by atomic mass is 32.1. The van der Waals surface area contributed by atoms with Crippen molar-refractivity contribution in [2.75, 3.05) is 6.54 Å². The van der Waals surface area contributed by atoms with Crippen LogP contribution < -0.4 is 5.32 Å². The largest absolute Gasteiger partial charge is 0.314 e. The summed E-state index contributed by atoms with van der Waals surface area (Å²) in [4.78, 5) is 5.98. The van der Waals surface area contributed by atoms with Crippen LogP contribution in [-0.2, 0) is 6.42 Å². The molecule has 0 bridgehead atoms. The van der Waals surface area contributed by atoms with Crippen molar-refractivity contribution in [1.82, 2.24) is 10.3 Å². The quantitative estimate of drug-likeness (QED) is 0.802. The smallest absolute Gasteiger partial charge is 0.0933 e. The molecule has 0 aromatic carbocycles. The van der Waals surface area contributed by atoms with E-state index in [1.807, 2.05) is 11.3 Å². The van der Waals surface area contributed by atoms with Gasteiger partial charge in [-0.2, -0.15) is 0 Å².